The zero-order valence-corrected chi connectivity index (χ0v) is 41.6. The first-order valence-electron chi connectivity index (χ1n) is 17.2. The van der Waals surface area contributed by atoms with E-state index in [1.807, 2.05) is 12.3 Å². The van der Waals surface area contributed by atoms with Crippen molar-refractivity contribution in [3.63, 3.8) is 0 Å². The van der Waals surface area contributed by atoms with E-state index >= 15 is 0 Å². The van der Waals surface area contributed by atoms with E-state index in [1.54, 1.807) is 0 Å². The Kier molecular flexibility index (Phi) is 14.9. The summed E-state index contributed by atoms with van der Waals surface area (Å²) >= 11 is 1.14. The van der Waals surface area contributed by atoms with Crippen molar-refractivity contribution in [1.82, 2.24) is 0 Å². The Balaban J connectivity index is 0.00000257. The summed E-state index contributed by atoms with van der Waals surface area (Å²) in [6.45, 7) is 11.1. The molecule has 1 fully saturated rings. The van der Waals surface area contributed by atoms with Crippen molar-refractivity contribution in [2.45, 2.75) is 59.5 Å². The Morgan fingerprint density at radius 1 is 0.731 bits per heavy atom. The van der Waals surface area contributed by atoms with Crippen molar-refractivity contribution in [3.8, 4) is 11.5 Å². The van der Waals surface area contributed by atoms with Gasteiger partial charge in [-0.3, -0.25) is 0 Å². The molecule has 5 aromatic rings. The predicted molar refractivity (Wildman–Crippen MR) is 224 cm³/mol. The van der Waals surface area contributed by atoms with Crippen LogP contribution < -0.4 is 7.58 Å². The first kappa shape index (κ1) is 41.4. The number of nitrogens with zero attached hydrogens (tertiary/aromatic N) is 2. The second kappa shape index (κ2) is 18.7. The van der Waals surface area contributed by atoms with E-state index in [2.05, 4.69) is 158 Å². The van der Waals surface area contributed by atoms with Gasteiger partial charge in [0.2, 0.25) is 0 Å². The molecule has 0 bridgehead atoms. The molecule has 2 unspecified atom stereocenters. The van der Waals surface area contributed by atoms with Gasteiger partial charge in [0.25, 0.3) is 0 Å². The molecular formula is C42H44AlFN2O2P2Pb2+. The quantitative estimate of drug-likeness (QED) is 0.0541. The Morgan fingerprint density at radius 3 is 1.81 bits per heavy atom. The minimum atomic E-state index is -0.916. The molecule has 7 radical (unpaired) electrons. The van der Waals surface area contributed by atoms with Gasteiger partial charge in [-0.15, -0.1) is 0 Å². The topological polar surface area (TPSA) is 33.8 Å². The van der Waals surface area contributed by atoms with Crippen molar-refractivity contribution in [3.05, 3.63) is 159 Å². The number of rotatable bonds is 12. The molecule has 0 aromatic heterocycles. The van der Waals surface area contributed by atoms with E-state index < -0.39 is 21.3 Å². The Morgan fingerprint density at radius 2 is 1.27 bits per heavy atom. The van der Waals surface area contributed by atoms with E-state index in [9.17, 15) is 4.20 Å². The molecule has 10 heteroatoms. The maximum atomic E-state index is 9.42. The normalized spacial score (nSPS) is 13.4. The van der Waals surface area contributed by atoms with Crippen molar-refractivity contribution in [2.75, 3.05) is 0 Å². The molecular weight excluding hydrogens is 1090 g/mol. The molecule has 1 aliphatic rings. The maximum absolute atomic E-state index is 9.42. The monoisotopic (exact) mass is 1130 g/mol. The van der Waals surface area contributed by atoms with Crippen LogP contribution in [0.15, 0.2) is 114 Å². The smallest absolute Gasteiger partial charge is 0.0526 e. The summed E-state index contributed by atoms with van der Waals surface area (Å²) in [5.41, 5.74) is 10.9. The first-order chi connectivity index (χ1) is 24.9. The molecule has 0 amide bonds. The molecule has 6 rings (SSSR count). The van der Waals surface area contributed by atoms with Crippen LogP contribution in [-0.4, -0.2) is 90.2 Å². The third-order valence-electron chi connectivity index (χ3n) is 9.25. The summed E-state index contributed by atoms with van der Waals surface area (Å²) < 4.78 is 25.7. The third kappa shape index (κ3) is 10.3. The molecule has 0 spiro atoms. The second-order valence-electron chi connectivity index (χ2n) is 13.7. The number of halogens is 1. The Bertz CT molecular complexity index is 2010. The van der Waals surface area contributed by atoms with Gasteiger partial charge in [0.05, 0.1) is 9.55 Å². The minimum Gasteiger partial charge on any atom is -0.234 e. The van der Waals surface area contributed by atoms with Gasteiger partial charge >= 0.3 is 330 Å². The molecule has 0 saturated heterocycles. The van der Waals surface area contributed by atoms with Crippen LogP contribution in [0, 0.1) is 20.8 Å². The van der Waals surface area contributed by atoms with Crippen LogP contribution in [0.3, 0.4) is 0 Å². The largest absolute Gasteiger partial charge is 0.234 e. The fraction of sp³-hybridized carbons (Fsp3) is 0.238. The van der Waals surface area contributed by atoms with Gasteiger partial charge in [-0.1, -0.05) is 12.1 Å². The van der Waals surface area contributed by atoms with Gasteiger partial charge in [0, 0.05) is 0 Å². The van der Waals surface area contributed by atoms with Crippen LogP contribution in [0.2, 0.25) is 0 Å². The zero-order chi connectivity index (χ0) is 37.5. The van der Waals surface area contributed by atoms with Crippen LogP contribution >= 0.6 is 18.9 Å². The van der Waals surface area contributed by atoms with E-state index in [1.165, 1.54) is 46.2 Å². The molecule has 261 valence electrons. The van der Waals surface area contributed by atoms with Crippen LogP contribution in [0.5, 0.6) is 11.5 Å². The average Bonchev–Trinajstić information content (AvgIpc) is 3.99. The molecule has 2 atom stereocenters. The summed E-state index contributed by atoms with van der Waals surface area (Å²) in [7, 11) is 3.84. The fourth-order valence-corrected chi connectivity index (χ4v) is 9.10. The summed E-state index contributed by atoms with van der Waals surface area (Å²) in [5, 5.41) is 0. The van der Waals surface area contributed by atoms with Crippen LogP contribution in [0.25, 0.3) is 0 Å². The van der Waals surface area contributed by atoms with Gasteiger partial charge < -0.3 is 0 Å². The third-order valence-corrected chi connectivity index (χ3v) is 12.6. The van der Waals surface area contributed by atoms with E-state index in [0.29, 0.717) is 6.04 Å². The number of hydrogen-bond donors (Lipinski definition) is 0. The first-order valence-corrected chi connectivity index (χ1v) is 23.0. The molecule has 1 aliphatic carbocycles. The summed E-state index contributed by atoms with van der Waals surface area (Å²) in [6, 6.07) is 39.5. The number of hydrogen-bond acceptors (Lipinski definition) is 3. The molecule has 5 aromatic carbocycles. The summed E-state index contributed by atoms with van der Waals surface area (Å²) in [6.07, 6.45) is 6.62. The van der Waals surface area contributed by atoms with Gasteiger partial charge in [0.15, 0.2) is 0 Å². The van der Waals surface area contributed by atoms with Gasteiger partial charge in [-0.05, 0) is 0 Å². The molecule has 0 aliphatic heterocycles. The Labute approximate surface area is 352 Å². The maximum Gasteiger partial charge on any atom is 0.0526 e. The van der Waals surface area contributed by atoms with E-state index in [-0.39, 0.29) is 0.533 Å². The van der Waals surface area contributed by atoms with Gasteiger partial charge in [-0.25, -0.2) is 4.20 Å². The standard InChI is InChI=1S/C25H26NOP.C17H17NO.Al.FH2P.2Pb/c1-18-15-19(17-26(28)22-13-14-22)24(27)23(16-18)25(2,20-9-5-3-6-10-20)21-11-7-4-8-12-21;1-4-14-8-13(3)9-15(17(14)19)11-18-16-7-5-6-12(2)10-16;;1-2;;/h3-12,15-17,22H,13-14,28H2,1-2H3;5-11,19H,1-3H3;;2H2;;/q;;+2;;;/p-1. The number of aryl methyl sites for hydroxylation is 3. The van der Waals surface area contributed by atoms with Crippen molar-refractivity contribution in [2.24, 2.45) is 4.99 Å². The fourth-order valence-electron chi connectivity index (χ4n) is 6.43. The molecule has 0 N–H and O–H groups in total. The van der Waals surface area contributed by atoms with Gasteiger partial charge in [0.1, 0.15) is 0 Å². The molecule has 52 heavy (non-hydrogen) atoms. The zero-order valence-electron chi connectivity index (χ0n) is 30.4. The Hall–Kier alpha value is -1.79. The van der Waals surface area contributed by atoms with Gasteiger partial charge in [-0.2, -0.15) is 0 Å². The molecule has 4 nitrogen and oxygen atoms in total. The van der Waals surface area contributed by atoms with Crippen molar-refractivity contribution >= 4 is 104 Å². The molecule has 1 saturated carbocycles. The number of benzene rings is 5. The summed E-state index contributed by atoms with van der Waals surface area (Å²) in [4.78, 5) is 4.89. The van der Waals surface area contributed by atoms with Crippen LogP contribution in [0.1, 0.15) is 76.8 Å². The van der Waals surface area contributed by atoms with Crippen LogP contribution in [-0.2, 0) is 5.95 Å². The van der Waals surface area contributed by atoms with Crippen molar-refractivity contribution in [1.29, 1.82) is 0 Å². The van der Waals surface area contributed by atoms with Crippen LogP contribution in [0.4, 0.5) is 9.88 Å². The number of aliphatic imine (C=N–C) groups is 1. The van der Waals surface area contributed by atoms with E-state index in [0.717, 1.165) is 95.0 Å². The second-order valence-corrected chi connectivity index (χ2v) is 30.3. The average molecular weight is 1130 g/mol. The summed E-state index contributed by atoms with van der Waals surface area (Å²) in [5.74, 6) is 1.77. The molecule has 0 heterocycles. The predicted octanol–water partition coefficient (Wildman–Crippen LogP) is 9.35. The van der Waals surface area contributed by atoms with Crippen molar-refractivity contribution < 1.29 is 16.1 Å². The minimum absolute atomic E-state index is 0.129. The van der Waals surface area contributed by atoms with E-state index in [4.69, 9.17) is 12.6 Å². The SMILES string of the molecule is Cc1cccc(N=Cc2cc(C)cc([C](C)([Pb])[Pb])c2[O][Al][O]c2c(/C=[N+](/P)C3CC3)cc(C)cc2C(C)(c2ccccc2)c2ccccc2)c1.FP.